The maximum Gasteiger partial charge on any atom is 0.142 e. The van der Waals surface area contributed by atoms with Crippen LogP contribution in [0.3, 0.4) is 0 Å². The Labute approximate surface area is 230 Å². The molecule has 0 N–H and O–H groups in total. The van der Waals surface area contributed by atoms with E-state index in [-0.39, 0.29) is 5.41 Å². The highest BCUT2D eigenvalue weighted by Crippen LogP contribution is 2.41. The molecule has 2 aromatic rings. The zero-order chi connectivity index (χ0) is 25.9. The summed E-state index contributed by atoms with van der Waals surface area (Å²) in [5, 5.41) is 0.866. The second-order valence-electron chi connectivity index (χ2n) is 11.9. The minimum atomic E-state index is -0.0397. The van der Waals surface area contributed by atoms with E-state index in [1.165, 1.54) is 27.8 Å². The van der Waals surface area contributed by atoms with Crippen molar-refractivity contribution in [3.8, 4) is 5.75 Å². The predicted octanol–water partition coefficient (Wildman–Crippen LogP) is 6.97. The van der Waals surface area contributed by atoms with Crippen molar-refractivity contribution in [3.63, 3.8) is 0 Å². The van der Waals surface area contributed by atoms with E-state index in [1.54, 1.807) is 0 Å². The molecule has 5 heteroatoms. The second kappa shape index (κ2) is 12.1. The molecule has 2 aromatic carbocycles. The molecule has 3 nitrogen and oxygen atoms in total. The monoisotopic (exact) mass is 526 g/mol. The summed E-state index contributed by atoms with van der Waals surface area (Å²) >= 11 is 9.16. The van der Waals surface area contributed by atoms with Crippen molar-refractivity contribution in [2.45, 2.75) is 89.3 Å². The lowest BCUT2D eigenvalue weighted by Crippen LogP contribution is -2.34. The molecule has 0 saturated carbocycles. The quantitative estimate of drug-likeness (QED) is 0.326. The van der Waals surface area contributed by atoms with Crippen LogP contribution < -0.4 is 4.74 Å². The van der Waals surface area contributed by atoms with Crippen LogP contribution in [0.4, 0.5) is 0 Å². The zero-order valence-corrected chi connectivity index (χ0v) is 24.8. The summed E-state index contributed by atoms with van der Waals surface area (Å²) in [6, 6.07) is 14.3. The van der Waals surface area contributed by atoms with E-state index in [1.807, 2.05) is 0 Å². The molecule has 0 amide bonds. The Bertz CT molecular complexity index is 946. The molecule has 0 bridgehead atoms. The van der Waals surface area contributed by atoms with Crippen LogP contribution in [0, 0.1) is 5.92 Å². The van der Waals surface area contributed by atoms with Gasteiger partial charge in [-0.3, -0.25) is 9.80 Å². The highest BCUT2D eigenvalue weighted by Gasteiger charge is 2.32. The van der Waals surface area contributed by atoms with E-state index in [2.05, 4.69) is 106 Å². The number of thiol groups is 2. The van der Waals surface area contributed by atoms with Crippen molar-refractivity contribution in [1.29, 1.82) is 0 Å². The summed E-state index contributed by atoms with van der Waals surface area (Å²) in [6.07, 6.45) is 4.48. The zero-order valence-electron chi connectivity index (χ0n) is 23.0. The lowest BCUT2D eigenvalue weighted by atomic mass is 9.70. The average Bonchev–Trinajstić information content (AvgIpc) is 2.84. The molecule has 0 fully saturated rings. The molecule has 2 aliphatic heterocycles. The van der Waals surface area contributed by atoms with Crippen LogP contribution in [-0.2, 0) is 24.9 Å². The van der Waals surface area contributed by atoms with E-state index >= 15 is 0 Å². The number of hydrogen-bond acceptors (Lipinski definition) is 5. The van der Waals surface area contributed by atoms with Gasteiger partial charge in [-0.15, -0.1) is 0 Å². The minimum Gasteiger partial charge on any atom is -0.478 e. The summed E-state index contributed by atoms with van der Waals surface area (Å²) in [4.78, 5) is 5.01. The van der Waals surface area contributed by atoms with Crippen molar-refractivity contribution in [2.24, 2.45) is 5.92 Å². The van der Waals surface area contributed by atoms with Crippen LogP contribution in [0.5, 0.6) is 5.75 Å². The molecule has 4 rings (SSSR count). The van der Waals surface area contributed by atoms with Crippen LogP contribution in [0.1, 0.15) is 81.7 Å². The van der Waals surface area contributed by atoms with Gasteiger partial charge in [0.25, 0.3) is 0 Å². The summed E-state index contributed by atoms with van der Waals surface area (Å²) in [5.74, 6) is 1.64. The molecule has 3 unspecified atom stereocenters. The maximum absolute atomic E-state index is 6.14. The SMILES string of the molecule is CC(C)CC(C)(c1ccc2c(c1)CN(CCC(C)S)CC2)c1ccc2c(c1)CN(CCC(C)S)CO2. The molecule has 36 heavy (non-hydrogen) atoms. The minimum absolute atomic E-state index is 0.0397. The normalized spacial score (nSPS) is 19.8. The molecular formula is C31H46N2OS2. The second-order valence-corrected chi connectivity index (χ2v) is 13.6. The van der Waals surface area contributed by atoms with E-state index in [9.17, 15) is 0 Å². The predicted molar refractivity (Wildman–Crippen MR) is 160 cm³/mol. The first kappa shape index (κ1) is 27.9. The van der Waals surface area contributed by atoms with E-state index in [4.69, 9.17) is 4.74 Å². The van der Waals surface area contributed by atoms with Gasteiger partial charge in [-0.1, -0.05) is 58.9 Å². The number of benzene rings is 2. The van der Waals surface area contributed by atoms with Gasteiger partial charge < -0.3 is 4.74 Å². The van der Waals surface area contributed by atoms with Crippen LogP contribution >= 0.6 is 25.3 Å². The Morgan fingerprint density at radius 2 is 1.44 bits per heavy atom. The molecular weight excluding hydrogens is 480 g/mol. The van der Waals surface area contributed by atoms with Crippen LogP contribution in [-0.4, -0.2) is 46.7 Å². The maximum atomic E-state index is 6.14. The van der Waals surface area contributed by atoms with Crippen LogP contribution in [0.2, 0.25) is 0 Å². The van der Waals surface area contributed by atoms with Crippen LogP contribution in [0.15, 0.2) is 36.4 Å². The lowest BCUT2D eigenvalue weighted by molar-refractivity contribution is 0.0943. The highest BCUT2D eigenvalue weighted by atomic mass is 32.1. The molecule has 0 aliphatic carbocycles. The Hall–Kier alpha value is -1.14. The van der Waals surface area contributed by atoms with Gasteiger partial charge in [-0.25, -0.2) is 0 Å². The first-order chi connectivity index (χ1) is 17.1. The fraction of sp³-hybridized carbons (Fsp3) is 0.613. The smallest absolute Gasteiger partial charge is 0.142 e. The summed E-state index contributed by atoms with van der Waals surface area (Å²) in [5.41, 5.74) is 7.14. The van der Waals surface area contributed by atoms with Gasteiger partial charge in [0.05, 0.1) is 0 Å². The number of rotatable bonds is 10. The van der Waals surface area contributed by atoms with E-state index < -0.39 is 0 Å². The van der Waals surface area contributed by atoms with Crippen molar-refractivity contribution >= 4 is 25.3 Å². The van der Waals surface area contributed by atoms with Crippen molar-refractivity contribution in [3.05, 3.63) is 64.2 Å². The molecule has 198 valence electrons. The Kier molecular flexibility index (Phi) is 9.41. The molecule has 0 aromatic heterocycles. The molecule has 0 spiro atoms. The van der Waals surface area contributed by atoms with E-state index in [0.717, 1.165) is 64.2 Å². The lowest BCUT2D eigenvalue weighted by Gasteiger charge is -2.36. The van der Waals surface area contributed by atoms with Gasteiger partial charge >= 0.3 is 0 Å². The third kappa shape index (κ3) is 6.83. The molecule has 2 heterocycles. The fourth-order valence-electron chi connectivity index (χ4n) is 5.89. The standard InChI is InChI=1S/C31H46N2OS2/c1-22(2)18-31(5,28-7-6-25-12-15-32(13-10-23(3)35)19-26(25)16-28)29-8-9-30-27(17-29)20-33(21-34-30)14-11-24(4)36/h6-9,16-17,22-24,35-36H,10-15,18-21H2,1-5H3. The van der Waals surface area contributed by atoms with Gasteiger partial charge in [-0.2, -0.15) is 25.3 Å². The fourth-order valence-corrected chi connectivity index (χ4v) is 6.12. The first-order valence-corrected chi connectivity index (χ1v) is 14.9. The van der Waals surface area contributed by atoms with Gasteiger partial charge in [0, 0.05) is 47.7 Å². The van der Waals surface area contributed by atoms with Crippen molar-refractivity contribution in [1.82, 2.24) is 9.80 Å². The van der Waals surface area contributed by atoms with E-state index in [0.29, 0.717) is 23.1 Å². The highest BCUT2D eigenvalue weighted by molar-refractivity contribution is 7.81. The van der Waals surface area contributed by atoms with Crippen LogP contribution in [0.25, 0.3) is 0 Å². The van der Waals surface area contributed by atoms with Gasteiger partial charge in [-0.05, 0) is 72.5 Å². The number of ether oxygens (including phenoxy) is 1. The Morgan fingerprint density at radius 1 is 0.833 bits per heavy atom. The summed E-state index contributed by atoms with van der Waals surface area (Å²) in [7, 11) is 0. The van der Waals surface area contributed by atoms with Gasteiger partial charge in [0.1, 0.15) is 12.5 Å². The molecule has 0 radical (unpaired) electrons. The van der Waals surface area contributed by atoms with Gasteiger partial charge in [0.15, 0.2) is 0 Å². The largest absolute Gasteiger partial charge is 0.478 e. The number of fused-ring (bicyclic) bond motifs is 2. The summed E-state index contributed by atoms with van der Waals surface area (Å²) in [6.45, 7) is 17.5. The third-order valence-electron chi connectivity index (χ3n) is 7.97. The first-order valence-electron chi connectivity index (χ1n) is 13.8. The summed E-state index contributed by atoms with van der Waals surface area (Å²) < 4.78 is 6.14. The Morgan fingerprint density at radius 3 is 2.11 bits per heavy atom. The molecule has 2 aliphatic rings. The van der Waals surface area contributed by atoms with Gasteiger partial charge in [0.2, 0.25) is 0 Å². The topological polar surface area (TPSA) is 15.7 Å². The van der Waals surface area contributed by atoms with Crippen molar-refractivity contribution < 1.29 is 4.74 Å². The Balaban J connectivity index is 1.61. The number of nitrogens with zero attached hydrogens (tertiary/aromatic N) is 2. The average molecular weight is 527 g/mol. The third-order valence-corrected chi connectivity index (χ3v) is 8.49. The number of hydrogen-bond donors (Lipinski definition) is 2. The molecule has 3 atom stereocenters. The van der Waals surface area contributed by atoms with Crippen molar-refractivity contribution in [2.75, 3.05) is 26.4 Å². The molecule has 0 saturated heterocycles.